The Morgan fingerprint density at radius 2 is 2.07 bits per heavy atom. The Kier molecular flexibility index (Phi) is 5.53. The standard InChI is InChI=1S/C19H19F3N4O2/c20-19(21,22)13-3-1-2-11(8-13)4-7-16(27)25-14-5-6-15-12(9-14)10-24-18(26-15)17(23)28/h1-4,7-8,10,14-15H,5-6,9H2,(H2,23,28)(H,24,26)(H,25,27). The van der Waals surface area contributed by atoms with Gasteiger partial charge in [0.2, 0.25) is 5.91 Å². The minimum absolute atomic E-state index is 0.117. The van der Waals surface area contributed by atoms with Crippen LogP contribution in [-0.4, -0.2) is 29.7 Å². The van der Waals surface area contributed by atoms with Crippen molar-refractivity contribution in [3.05, 3.63) is 53.2 Å². The second-order valence-corrected chi connectivity index (χ2v) is 6.66. The number of alkyl halides is 3. The lowest BCUT2D eigenvalue weighted by molar-refractivity contribution is -0.137. The molecule has 148 valence electrons. The van der Waals surface area contributed by atoms with Crippen molar-refractivity contribution in [2.45, 2.75) is 37.5 Å². The number of aliphatic imine (C=N–C) groups is 1. The largest absolute Gasteiger partial charge is 0.416 e. The number of rotatable bonds is 4. The minimum Gasteiger partial charge on any atom is -0.363 e. The number of halogens is 3. The molecule has 1 heterocycles. The molecular weight excluding hydrogens is 373 g/mol. The molecule has 1 aromatic rings. The number of carbonyl (C=O) groups is 2. The Bertz CT molecular complexity index is 874. The Hall–Kier alpha value is -3.10. The second kappa shape index (κ2) is 7.87. The van der Waals surface area contributed by atoms with Crippen LogP contribution in [0, 0.1) is 0 Å². The fraction of sp³-hybridized carbons (Fsp3) is 0.316. The van der Waals surface area contributed by atoms with E-state index in [1.807, 2.05) is 0 Å². The second-order valence-electron chi connectivity index (χ2n) is 6.66. The maximum absolute atomic E-state index is 12.7. The van der Waals surface area contributed by atoms with E-state index in [1.165, 1.54) is 24.3 Å². The summed E-state index contributed by atoms with van der Waals surface area (Å²) in [5, 5.41) is 5.59. The molecule has 2 atom stereocenters. The van der Waals surface area contributed by atoms with Gasteiger partial charge in [0.15, 0.2) is 5.84 Å². The van der Waals surface area contributed by atoms with Crippen molar-refractivity contribution in [1.82, 2.24) is 10.6 Å². The third-order valence-electron chi connectivity index (χ3n) is 4.60. The number of benzene rings is 1. The van der Waals surface area contributed by atoms with E-state index in [1.54, 1.807) is 6.20 Å². The number of nitrogens with two attached hydrogens (primary N) is 1. The van der Waals surface area contributed by atoms with E-state index >= 15 is 0 Å². The van der Waals surface area contributed by atoms with E-state index in [0.29, 0.717) is 24.8 Å². The molecule has 0 spiro atoms. The van der Waals surface area contributed by atoms with Crippen LogP contribution in [0.3, 0.4) is 0 Å². The number of primary amides is 1. The van der Waals surface area contributed by atoms with Crippen LogP contribution >= 0.6 is 0 Å². The summed E-state index contributed by atoms with van der Waals surface area (Å²) in [6.45, 7) is 0. The first-order valence-corrected chi connectivity index (χ1v) is 8.71. The summed E-state index contributed by atoms with van der Waals surface area (Å²) in [5.74, 6) is -0.878. The molecule has 28 heavy (non-hydrogen) atoms. The Morgan fingerprint density at radius 1 is 1.29 bits per heavy atom. The van der Waals surface area contributed by atoms with E-state index < -0.39 is 17.6 Å². The van der Waals surface area contributed by atoms with Gasteiger partial charge in [-0.2, -0.15) is 13.2 Å². The third kappa shape index (κ3) is 4.79. The average molecular weight is 392 g/mol. The molecule has 0 bridgehead atoms. The normalized spacial score (nSPS) is 22.0. The first kappa shape index (κ1) is 19.7. The number of nitrogens with zero attached hydrogens (tertiary/aromatic N) is 1. The summed E-state index contributed by atoms with van der Waals surface area (Å²) < 4.78 is 38.2. The third-order valence-corrected chi connectivity index (χ3v) is 4.60. The van der Waals surface area contributed by atoms with Crippen LogP contribution in [0.25, 0.3) is 6.08 Å². The van der Waals surface area contributed by atoms with Crippen molar-refractivity contribution < 1.29 is 22.8 Å². The quantitative estimate of drug-likeness (QED) is 0.685. The van der Waals surface area contributed by atoms with Gasteiger partial charge in [-0.3, -0.25) is 14.6 Å². The van der Waals surface area contributed by atoms with Crippen LogP contribution < -0.4 is 16.4 Å². The lowest BCUT2D eigenvalue weighted by Crippen LogP contribution is -2.43. The number of fused-ring (bicyclic) bond motifs is 1. The van der Waals surface area contributed by atoms with Gasteiger partial charge in [-0.15, -0.1) is 0 Å². The van der Waals surface area contributed by atoms with Crippen molar-refractivity contribution >= 4 is 23.7 Å². The molecule has 6 nitrogen and oxygen atoms in total. The highest BCUT2D eigenvalue weighted by molar-refractivity contribution is 6.37. The highest BCUT2D eigenvalue weighted by atomic mass is 19.4. The zero-order valence-electron chi connectivity index (χ0n) is 14.8. The highest BCUT2D eigenvalue weighted by Crippen LogP contribution is 2.30. The van der Waals surface area contributed by atoms with E-state index in [4.69, 9.17) is 5.73 Å². The number of hydrogen-bond acceptors (Lipinski definition) is 4. The Labute approximate surface area is 159 Å². The minimum atomic E-state index is -4.43. The van der Waals surface area contributed by atoms with E-state index in [0.717, 1.165) is 17.7 Å². The molecule has 3 rings (SSSR count). The van der Waals surface area contributed by atoms with E-state index in [9.17, 15) is 22.8 Å². The SMILES string of the molecule is NC(=O)C1=NC2CCC(NC(=O)C=Cc3cccc(C(F)(F)F)c3)CC2=CN1. The van der Waals surface area contributed by atoms with E-state index in [2.05, 4.69) is 15.6 Å². The van der Waals surface area contributed by atoms with Gasteiger partial charge >= 0.3 is 6.18 Å². The van der Waals surface area contributed by atoms with Gasteiger partial charge in [-0.25, -0.2) is 0 Å². The molecule has 1 aliphatic heterocycles. The lowest BCUT2D eigenvalue weighted by Gasteiger charge is -2.31. The first-order valence-electron chi connectivity index (χ1n) is 8.71. The topological polar surface area (TPSA) is 96.6 Å². The van der Waals surface area contributed by atoms with E-state index in [-0.39, 0.29) is 23.8 Å². The van der Waals surface area contributed by atoms with Crippen LogP contribution in [0.5, 0.6) is 0 Å². The van der Waals surface area contributed by atoms with Crippen molar-refractivity contribution in [3.8, 4) is 0 Å². The zero-order valence-corrected chi connectivity index (χ0v) is 14.8. The maximum atomic E-state index is 12.7. The summed E-state index contributed by atoms with van der Waals surface area (Å²) in [7, 11) is 0. The monoisotopic (exact) mass is 392 g/mol. The number of hydrogen-bond donors (Lipinski definition) is 3. The fourth-order valence-electron chi connectivity index (χ4n) is 3.22. The number of amides is 2. The van der Waals surface area contributed by atoms with Crippen LogP contribution in [0.4, 0.5) is 13.2 Å². The van der Waals surface area contributed by atoms with Crippen LogP contribution in [0.1, 0.15) is 30.4 Å². The lowest BCUT2D eigenvalue weighted by atomic mass is 9.86. The number of nitrogens with one attached hydrogen (secondary N) is 2. The molecule has 9 heteroatoms. The number of carbonyl (C=O) groups excluding carboxylic acids is 2. The maximum Gasteiger partial charge on any atom is 0.416 e. The van der Waals surface area contributed by atoms with Crippen molar-refractivity contribution in [1.29, 1.82) is 0 Å². The van der Waals surface area contributed by atoms with Crippen molar-refractivity contribution in [2.75, 3.05) is 0 Å². The van der Waals surface area contributed by atoms with Gasteiger partial charge in [0.1, 0.15) is 0 Å². The summed E-state index contributed by atoms with van der Waals surface area (Å²) in [4.78, 5) is 27.6. The molecular formula is C19H19F3N4O2. The Morgan fingerprint density at radius 3 is 2.79 bits per heavy atom. The van der Waals surface area contributed by atoms with Gasteiger partial charge in [-0.1, -0.05) is 12.1 Å². The van der Waals surface area contributed by atoms with Crippen molar-refractivity contribution in [3.63, 3.8) is 0 Å². The summed E-state index contributed by atoms with van der Waals surface area (Å²) in [6, 6.07) is 4.52. The smallest absolute Gasteiger partial charge is 0.363 e. The molecule has 1 saturated carbocycles. The molecule has 2 amide bonds. The van der Waals surface area contributed by atoms with Gasteiger partial charge < -0.3 is 16.4 Å². The fourth-order valence-corrected chi connectivity index (χ4v) is 3.22. The molecule has 0 saturated heterocycles. The molecule has 1 aromatic carbocycles. The van der Waals surface area contributed by atoms with Crippen molar-refractivity contribution in [2.24, 2.45) is 10.7 Å². The number of amidine groups is 1. The van der Waals surface area contributed by atoms with Gasteiger partial charge in [0.25, 0.3) is 5.91 Å². The zero-order chi connectivity index (χ0) is 20.3. The van der Waals surface area contributed by atoms with Gasteiger partial charge in [0.05, 0.1) is 11.6 Å². The first-order chi connectivity index (χ1) is 13.2. The summed E-state index contributed by atoms with van der Waals surface area (Å²) in [5.41, 5.74) is 5.70. The van der Waals surface area contributed by atoms with Crippen LogP contribution in [-0.2, 0) is 15.8 Å². The summed E-state index contributed by atoms with van der Waals surface area (Å²) >= 11 is 0. The van der Waals surface area contributed by atoms with Gasteiger partial charge in [-0.05, 0) is 48.6 Å². The molecule has 2 aliphatic rings. The average Bonchev–Trinajstić information content (AvgIpc) is 2.65. The highest BCUT2D eigenvalue weighted by Gasteiger charge is 2.30. The molecule has 4 N–H and O–H groups in total. The predicted octanol–water partition coefficient (Wildman–Crippen LogP) is 2.13. The predicted molar refractivity (Wildman–Crippen MR) is 97.9 cm³/mol. The van der Waals surface area contributed by atoms with Crippen LogP contribution in [0.2, 0.25) is 0 Å². The van der Waals surface area contributed by atoms with Gasteiger partial charge in [0, 0.05) is 18.3 Å². The van der Waals surface area contributed by atoms with Crippen LogP contribution in [0.15, 0.2) is 47.1 Å². The summed E-state index contributed by atoms with van der Waals surface area (Å²) in [6.07, 6.45) is 1.72. The molecule has 1 aliphatic carbocycles. The molecule has 2 unspecified atom stereocenters. The molecule has 0 radical (unpaired) electrons. The molecule has 0 aromatic heterocycles. The molecule has 1 fully saturated rings. The Balaban J connectivity index is 1.57.